The van der Waals surface area contributed by atoms with Crippen LogP contribution in [0.5, 0.6) is 5.75 Å². The number of azo groups is 1. The minimum Gasteiger partial charge on any atom is -0.504 e. The van der Waals surface area contributed by atoms with Gasteiger partial charge in [-0.3, -0.25) is 4.40 Å². The van der Waals surface area contributed by atoms with Gasteiger partial charge in [-0.2, -0.15) is 0 Å². The monoisotopic (exact) mass is 328 g/mol. The third-order valence-corrected chi connectivity index (χ3v) is 3.95. The normalized spacial score (nSPS) is 11.4. The molecule has 0 amide bonds. The number of hydrogen-bond donors (Lipinski definition) is 1. The van der Waals surface area contributed by atoms with Crippen molar-refractivity contribution in [2.24, 2.45) is 10.2 Å². The molecule has 2 aromatic carbocycles. The summed E-state index contributed by atoms with van der Waals surface area (Å²) in [7, 11) is 0. The molecule has 0 unspecified atom stereocenters. The molecule has 0 atom stereocenters. The number of aromatic nitrogens is 2. The topological polar surface area (TPSA) is 62.2 Å². The Kier molecular flexibility index (Phi) is 3.74. The standard InChI is InChI=1S/C20H16N4O/c1-14-9-11-15(12-10-14)18-20(23-22-16-6-3-2-4-7-16)24-13-5-8-17(25)19(24)21-18/h2-13,25H,1H3. The molecule has 0 bridgehead atoms. The molecular formula is C20H16N4O. The highest BCUT2D eigenvalue weighted by Gasteiger charge is 2.16. The van der Waals surface area contributed by atoms with Crippen LogP contribution in [0.15, 0.2) is 83.2 Å². The Morgan fingerprint density at radius 3 is 2.40 bits per heavy atom. The Bertz CT molecular complexity index is 1050. The molecule has 1 N–H and O–H groups in total. The summed E-state index contributed by atoms with van der Waals surface area (Å²) >= 11 is 0. The van der Waals surface area contributed by atoms with Crippen molar-refractivity contribution >= 4 is 17.2 Å². The predicted octanol–water partition coefficient (Wildman–Crippen LogP) is 5.43. The van der Waals surface area contributed by atoms with Gasteiger partial charge >= 0.3 is 0 Å². The summed E-state index contributed by atoms with van der Waals surface area (Å²) in [4.78, 5) is 4.58. The van der Waals surface area contributed by atoms with Crippen molar-refractivity contribution in [2.75, 3.05) is 0 Å². The maximum absolute atomic E-state index is 10.1. The van der Waals surface area contributed by atoms with Crippen LogP contribution in [0.1, 0.15) is 5.56 Å². The van der Waals surface area contributed by atoms with Crippen molar-refractivity contribution < 1.29 is 5.11 Å². The predicted molar refractivity (Wildman–Crippen MR) is 97.6 cm³/mol. The highest BCUT2D eigenvalue weighted by molar-refractivity contribution is 5.76. The van der Waals surface area contributed by atoms with Crippen LogP contribution in [0, 0.1) is 6.92 Å². The van der Waals surface area contributed by atoms with Crippen LogP contribution >= 0.6 is 0 Å². The molecule has 0 aliphatic rings. The Labute approximate surface area is 144 Å². The number of imidazole rings is 1. The molecule has 4 aromatic rings. The van der Waals surface area contributed by atoms with Gasteiger partial charge in [-0.15, -0.1) is 10.2 Å². The Morgan fingerprint density at radius 2 is 1.64 bits per heavy atom. The van der Waals surface area contributed by atoms with E-state index in [9.17, 15) is 5.11 Å². The summed E-state index contributed by atoms with van der Waals surface area (Å²) in [6.07, 6.45) is 1.82. The molecule has 4 rings (SSSR count). The smallest absolute Gasteiger partial charge is 0.187 e. The third kappa shape index (κ3) is 2.87. The first-order chi connectivity index (χ1) is 12.2. The fraction of sp³-hybridized carbons (Fsp3) is 0.0500. The maximum atomic E-state index is 10.1. The molecule has 0 saturated heterocycles. The zero-order valence-electron chi connectivity index (χ0n) is 13.7. The molecule has 25 heavy (non-hydrogen) atoms. The molecule has 2 heterocycles. The van der Waals surface area contributed by atoms with Crippen molar-refractivity contribution in [3.8, 4) is 17.0 Å². The van der Waals surface area contributed by atoms with Crippen LogP contribution in [0.25, 0.3) is 16.9 Å². The number of fused-ring (bicyclic) bond motifs is 1. The first kappa shape index (κ1) is 15.1. The lowest BCUT2D eigenvalue weighted by Crippen LogP contribution is -1.82. The summed E-state index contributed by atoms with van der Waals surface area (Å²) < 4.78 is 1.75. The van der Waals surface area contributed by atoms with Gasteiger partial charge in [0.15, 0.2) is 17.2 Å². The van der Waals surface area contributed by atoms with Gasteiger partial charge in [0.05, 0.1) is 5.69 Å². The second-order valence-corrected chi connectivity index (χ2v) is 5.77. The number of aryl methyl sites for hydroxylation is 1. The van der Waals surface area contributed by atoms with Gasteiger partial charge < -0.3 is 5.11 Å². The molecule has 0 spiro atoms. The van der Waals surface area contributed by atoms with Crippen molar-refractivity contribution in [3.05, 3.63) is 78.5 Å². The average molecular weight is 328 g/mol. The van der Waals surface area contributed by atoms with E-state index in [4.69, 9.17) is 0 Å². The lowest BCUT2D eigenvalue weighted by atomic mass is 10.1. The molecule has 122 valence electrons. The van der Waals surface area contributed by atoms with E-state index in [-0.39, 0.29) is 5.75 Å². The zero-order valence-corrected chi connectivity index (χ0v) is 13.7. The maximum Gasteiger partial charge on any atom is 0.187 e. The summed E-state index contributed by atoms with van der Waals surface area (Å²) in [5, 5.41) is 18.9. The fourth-order valence-electron chi connectivity index (χ4n) is 2.64. The van der Waals surface area contributed by atoms with Gasteiger partial charge in [0.25, 0.3) is 0 Å². The number of pyridine rings is 1. The molecule has 5 heteroatoms. The largest absolute Gasteiger partial charge is 0.504 e. The summed E-state index contributed by atoms with van der Waals surface area (Å²) in [6.45, 7) is 2.04. The van der Waals surface area contributed by atoms with Crippen LogP contribution in [-0.2, 0) is 0 Å². The van der Waals surface area contributed by atoms with E-state index >= 15 is 0 Å². The summed E-state index contributed by atoms with van der Waals surface area (Å²) in [5.41, 5.74) is 3.99. The molecule has 0 radical (unpaired) electrons. The number of nitrogens with zero attached hydrogens (tertiary/aromatic N) is 4. The van der Waals surface area contributed by atoms with Crippen LogP contribution < -0.4 is 0 Å². The summed E-state index contributed by atoms with van der Waals surface area (Å²) in [6, 6.07) is 20.9. The van der Waals surface area contributed by atoms with Gasteiger partial charge in [0.1, 0.15) is 5.69 Å². The number of hydrogen-bond acceptors (Lipinski definition) is 4. The number of benzene rings is 2. The Morgan fingerprint density at radius 1 is 0.880 bits per heavy atom. The van der Waals surface area contributed by atoms with E-state index in [1.165, 1.54) is 5.56 Å². The molecule has 2 aromatic heterocycles. The van der Waals surface area contributed by atoms with Crippen molar-refractivity contribution in [3.63, 3.8) is 0 Å². The Balaban J connectivity index is 1.91. The van der Waals surface area contributed by atoms with E-state index in [0.29, 0.717) is 17.2 Å². The molecule has 0 fully saturated rings. The molecule has 0 aliphatic heterocycles. The van der Waals surface area contributed by atoms with Gasteiger partial charge in [0.2, 0.25) is 0 Å². The first-order valence-corrected chi connectivity index (χ1v) is 7.96. The number of aromatic hydroxyl groups is 1. The van der Waals surface area contributed by atoms with Crippen molar-refractivity contribution in [1.29, 1.82) is 0 Å². The average Bonchev–Trinajstić information content (AvgIpc) is 3.01. The van der Waals surface area contributed by atoms with Crippen LogP contribution in [0.4, 0.5) is 11.5 Å². The fourth-order valence-corrected chi connectivity index (χ4v) is 2.64. The first-order valence-electron chi connectivity index (χ1n) is 7.96. The minimum atomic E-state index is 0.108. The summed E-state index contributed by atoms with van der Waals surface area (Å²) in [5.74, 6) is 0.690. The SMILES string of the molecule is Cc1ccc(-c2nc3c(O)cccn3c2N=Nc2ccccc2)cc1. The highest BCUT2D eigenvalue weighted by atomic mass is 16.3. The van der Waals surface area contributed by atoms with Crippen LogP contribution in [-0.4, -0.2) is 14.5 Å². The second-order valence-electron chi connectivity index (χ2n) is 5.77. The molecular weight excluding hydrogens is 312 g/mol. The van der Waals surface area contributed by atoms with Crippen molar-refractivity contribution in [1.82, 2.24) is 9.38 Å². The third-order valence-electron chi connectivity index (χ3n) is 3.95. The molecule has 5 nitrogen and oxygen atoms in total. The van der Waals surface area contributed by atoms with Crippen LogP contribution in [0.3, 0.4) is 0 Å². The Hall–Kier alpha value is -3.47. The van der Waals surface area contributed by atoms with Gasteiger partial charge in [0, 0.05) is 11.8 Å². The van der Waals surface area contributed by atoms with E-state index in [1.54, 1.807) is 16.5 Å². The quantitative estimate of drug-likeness (QED) is 0.510. The number of rotatable bonds is 3. The molecule has 0 aliphatic carbocycles. The molecule has 0 saturated carbocycles. The van der Waals surface area contributed by atoms with E-state index < -0.39 is 0 Å². The van der Waals surface area contributed by atoms with E-state index in [0.717, 1.165) is 11.3 Å². The zero-order chi connectivity index (χ0) is 17.2. The minimum absolute atomic E-state index is 0.108. The second kappa shape index (κ2) is 6.20. The van der Waals surface area contributed by atoms with Crippen molar-refractivity contribution in [2.45, 2.75) is 6.92 Å². The highest BCUT2D eigenvalue weighted by Crippen LogP contribution is 2.34. The van der Waals surface area contributed by atoms with E-state index in [1.807, 2.05) is 67.7 Å². The van der Waals surface area contributed by atoms with Gasteiger partial charge in [-0.05, 0) is 31.2 Å². The van der Waals surface area contributed by atoms with Gasteiger partial charge in [-0.25, -0.2) is 4.98 Å². The van der Waals surface area contributed by atoms with Crippen LogP contribution in [0.2, 0.25) is 0 Å². The van der Waals surface area contributed by atoms with Gasteiger partial charge in [-0.1, -0.05) is 48.0 Å². The lowest BCUT2D eigenvalue weighted by molar-refractivity contribution is 0.477. The lowest BCUT2D eigenvalue weighted by Gasteiger charge is -2.00. The van der Waals surface area contributed by atoms with E-state index in [2.05, 4.69) is 15.2 Å².